The Morgan fingerprint density at radius 2 is 2.30 bits per heavy atom. The molecule has 0 bridgehead atoms. The number of rotatable bonds is 0. The van der Waals surface area contributed by atoms with Crippen molar-refractivity contribution in [1.29, 1.82) is 0 Å². The van der Waals surface area contributed by atoms with Crippen molar-refractivity contribution < 1.29 is 4.79 Å². The lowest BCUT2D eigenvalue weighted by molar-refractivity contribution is -0.129. The predicted octanol–water partition coefficient (Wildman–Crippen LogP) is 0.208. The van der Waals surface area contributed by atoms with E-state index in [-0.39, 0.29) is 18.3 Å². The van der Waals surface area contributed by atoms with E-state index < -0.39 is 0 Å². The van der Waals surface area contributed by atoms with Gasteiger partial charge in [-0.05, 0) is 13.0 Å². The molecule has 4 heteroatoms. The summed E-state index contributed by atoms with van der Waals surface area (Å²) in [5.74, 6) is 0.169. The molecule has 1 rings (SSSR count). The van der Waals surface area contributed by atoms with Gasteiger partial charge in [-0.3, -0.25) is 10.1 Å². The molecule has 1 amide bonds. The van der Waals surface area contributed by atoms with Crippen LogP contribution < -0.4 is 5.32 Å². The van der Waals surface area contributed by atoms with Gasteiger partial charge >= 0.3 is 0 Å². The average molecular weight is 165 g/mol. The number of amides is 1. The molecule has 0 aromatic carbocycles. The number of hydrogen-bond donors (Lipinski definition) is 1. The van der Waals surface area contributed by atoms with E-state index in [1.165, 1.54) is 0 Å². The minimum absolute atomic E-state index is 0. The first-order valence-corrected chi connectivity index (χ1v) is 3.27. The molecular formula is C6H13ClN2O. The van der Waals surface area contributed by atoms with Crippen LogP contribution in [0.25, 0.3) is 0 Å². The summed E-state index contributed by atoms with van der Waals surface area (Å²) in [7, 11) is 0. The van der Waals surface area contributed by atoms with Crippen molar-refractivity contribution in [3.63, 3.8) is 0 Å². The SMILES string of the molecule is CC(=O)N1CCCNC1.Cl. The van der Waals surface area contributed by atoms with Crippen molar-refractivity contribution in [2.75, 3.05) is 19.8 Å². The zero-order valence-electron chi connectivity index (χ0n) is 6.09. The van der Waals surface area contributed by atoms with Crippen LogP contribution in [0.2, 0.25) is 0 Å². The summed E-state index contributed by atoms with van der Waals surface area (Å²) >= 11 is 0. The van der Waals surface area contributed by atoms with Gasteiger partial charge in [0, 0.05) is 13.5 Å². The Morgan fingerprint density at radius 1 is 1.60 bits per heavy atom. The maximum atomic E-state index is 10.7. The van der Waals surface area contributed by atoms with Crippen molar-refractivity contribution in [2.45, 2.75) is 13.3 Å². The molecule has 60 valence electrons. The van der Waals surface area contributed by atoms with Crippen molar-refractivity contribution in [3.05, 3.63) is 0 Å². The summed E-state index contributed by atoms with van der Waals surface area (Å²) in [5.41, 5.74) is 0. The van der Waals surface area contributed by atoms with Gasteiger partial charge in [-0.1, -0.05) is 0 Å². The van der Waals surface area contributed by atoms with Gasteiger partial charge in [-0.15, -0.1) is 12.4 Å². The van der Waals surface area contributed by atoms with Crippen LogP contribution in [-0.4, -0.2) is 30.6 Å². The summed E-state index contributed by atoms with van der Waals surface area (Å²) in [4.78, 5) is 12.5. The molecule has 3 nitrogen and oxygen atoms in total. The van der Waals surface area contributed by atoms with Gasteiger partial charge in [-0.25, -0.2) is 0 Å². The number of nitrogens with one attached hydrogen (secondary N) is 1. The van der Waals surface area contributed by atoms with Crippen molar-refractivity contribution >= 4 is 18.3 Å². The number of nitrogens with zero attached hydrogens (tertiary/aromatic N) is 1. The second-order valence-corrected chi connectivity index (χ2v) is 2.29. The molecule has 0 atom stereocenters. The van der Waals surface area contributed by atoms with E-state index in [0.29, 0.717) is 0 Å². The Hall–Kier alpha value is -0.280. The van der Waals surface area contributed by atoms with Gasteiger partial charge in [0.05, 0.1) is 6.67 Å². The lowest BCUT2D eigenvalue weighted by atomic mass is 10.3. The summed E-state index contributed by atoms with van der Waals surface area (Å²) in [5, 5.41) is 3.12. The molecule has 1 fully saturated rings. The van der Waals surface area contributed by atoms with E-state index >= 15 is 0 Å². The molecule has 0 radical (unpaired) electrons. The maximum Gasteiger partial charge on any atom is 0.220 e. The van der Waals surface area contributed by atoms with E-state index in [0.717, 1.165) is 26.2 Å². The second-order valence-electron chi connectivity index (χ2n) is 2.29. The molecule has 0 aromatic heterocycles. The smallest absolute Gasteiger partial charge is 0.220 e. The highest BCUT2D eigenvalue weighted by atomic mass is 35.5. The Kier molecular flexibility index (Phi) is 4.40. The van der Waals surface area contributed by atoms with Crippen LogP contribution in [0.4, 0.5) is 0 Å². The third kappa shape index (κ3) is 2.54. The number of carbonyl (C=O) groups excluding carboxylic acids is 1. The molecule has 1 aliphatic heterocycles. The van der Waals surface area contributed by atoms with E-state index in [4.69, 9.17) is 0 Å². The molecule has 0 saturated carbocycles. The first kappa shape index (κ1) is 9.72. The number of carbonyl (C=O) groups is 1. The molecule has 1 heterocycles. The molecular weight excluding hydrogens is 152 g/mol. The zero-order valence-corrected chi connectivity index (χ0v) is 6.91. The Morgan fingerprint density at radius 3 is 2.60 bits per heavy atom. The monoisotopic (exact) mass is 164 g/mol. The first-order valence-electron chi connectivity index (χ1n) is 3.27. The van der Waals surface area contributed by atoms with Gasteiger partial charge in [0.1, 0.15) is 0 Å². The normalized spacial score (nSPS) is 17.9. The molecule has 1 aliphatic rings. The summed E-state index contributed by atoms with van der Waals surface area (Å²) in [6.07, 6.45) is 1.08. The highest BCUT2D eigenvalue weighted by Crippen LogP contribution is 1.94. The minimum atomic E-state index is 0. The number of halogens is 1. The zero-order chi connectivity index (χ0) is 6.69. The Balaban J connectivity index is 0.000000810. The van der Waals surface area contributed by atoms with Gasteiger partial charge in [0.25, 0.3) is 0 Å². The molecule has 1 N–H and O–H groups in total. The highest BCUT2D eigenvalue weighted by molar-refractivity contribution is 5.85. The lowest BCUT2D eigenvalue weighted by Crippen LogP contribution is -2.43. The summed E-state index contributed by atoms with van der Waals surface area (Å²) < 4.78 is 0. The first-order chi connectivity index (χ1) is 4.30. The molecule has 0 unspecified atom stereocenters. The number of hydrogen-bond acceptors (Lipinski definition) is 2. The lowest BCUT2D eigenvalue weighted by Gasteiger charge is -2.25. The van der Waals surface area contributed by atoms with Crippen molar-refractivity contribution in [1.82, 2.24) is 10.2 Å². The van der Waals surface area contributed by atoms with Crippen LogP contribution in [0, 0.1) is 0 Å². The predicted molar refractivity (Wildman–Crippen MR) is 42.1 cm³/mol. The van der Waals surface area contributed by atoms with Crippen molar-refractivity contribution in [3.8, 4) is 0 Å². The van der Waals surface area contributed by atoms with Crippen LogP contribution in [-0.2, 0) is 4.79 Å². The minimum Gasteiger partial charge on any atom is -0.330 e. The van der Waals surface area contributed by atoms with E-state index in [1.807, 2.05) is 4.90 Å². The van der Waals surface area contributed by atoms with E-state index in [1.54, 1.807) is 6.92 Å². The molecule has 10 heavy (non-hydrogen) atoms. The summed E-state index contributed by atoms with van der Waals surface area (Å²) in [6, 6.07) is 0. The van der Waals surface area contributed by atoms with Gasteiger partial charge in [0.2, 0.25) is 5.91 Å². The fourth-order valence-electron chi connectivity index (χ4n) is 0.957. The molecule has 0 aromatic rings. The van der Waals surface area contributed by atoms with Crippen LogP contribution in [0.1, 0.15) is 13.3 Å². The highest BCUT2D eigenvalue weighted by Gasteiger charge is 2.10. The molecule has 1 saturated heterocycles. The van der Waals surface area contributed by atoms with Crippen LogP contribution in [0.3, 0.4) is 0 Å². The third-order valence-electron chi connectivity index (χ3n) is 1.53. The van der Waals surface area contributed by atoms with Gasteiger partial charge in [0.15, 0.2) is 0 Å². The molecule has 0 aliphatic carbocycles. The van der Waals surface area contributed by atoms with E-state index in [9.17, 15) is 4.79 Å². The third-order valence-corrected chi connectivity index (χ3v) is 1.53. The summed E-state index contributed by atoms with van der Waals surface area (Å²) in [6.45, 7) is 4.30. The topological polar surface area (TPSA) is 32.3 Å². The fourth-order valence-corrected chi connectivity index (χ4v) is 0.957. The van der Waals surface area contributed by atoms with E-state index in [2.05, 4.69) is 5.32 Å². The fraction of sp³-hybridized carbons (Fsp3) is 0.833. The van der Waals surface area contributed by atoms with Crippen LogP contribution >= 0.6 is 12.4 Å². The maximum absolute atomic E-state index is 10.7. The van der Waals surface area contributed by atoms with Crippen LogP contribution in [0.5, 0.6) is 0 Å². The quantitative estimate of drug-likeness (QED) is 0.555. The standard InChI is InChI=1S/C6H12N2O.ClH/c1-6(9)8-4-2-3-7-5-8;/h7H,2-5H2,1H3;1H. The van der Waals surface area contributed by atoms with Crippen LogP contribution in [0.15, 0.2) is 0 Å². The Labute approximate surface area is 67.2 Å². The largest absolute Gasteiger partial charge is 0.330 e. The second kappa shape index (κ2) is 4.52. The Bertz CT molecular complexity index is 112. The average Bonchev–Trinajstić information content (AvgIpc) is 1.90. The van der Waals surface area contributed by atoms with Gasteiger partial charge < -0.3 is 4.90 Å². The van der Waals surface area contributed by atoms with Crippen molar-refractivity contribution in [2.24, 2.45) is 0 Å². The van der Waals surface area contributed by atoms with Gasteiger partial charge in [-0.2, -0.15) is 0 Å². The molecule has 0 spiro atoms.